The third kappa shape index (κ3) is 4.88. The third-order valence-electron chi connectivity index (χ3n) is 8.44. The van der Waals surface area contributed by atoms with Crippen LogP contribution in [0.25, 0.3) is 22.2 Å². The molecule has 16 heteroatoms. The van der Waals surface area contributed by atoms with Crippen LogP contribution in [-0.4, -0.2) is 51.9 Å². The molecule has 2 aliphatic rings. The fourth-order valence-corrected chi connectivity index (χ4v) is 5.82. The maximum absolute atomic E-state index is 16.6. The molecule has 1 unspecified atom stereocenters. The molecule has 1 aliphatic heterocycles. The molecular formula is C30H25ClF5N5O5. The Morgan fingerprint density at radius 3 is 2.61 bits per heavy atom. The number of fused-ring (bicyclic) bond motifs is 2. The molecule has 1 aliphatic carbocycles. The zero-order valence-electron chi connectivity index (χ0n) is 24.1. The number of aromatic nitrogens is 3. The van der Waals surface area contributed by atoms with Gasteiger partial charge in [-0.15, -0.1) is 0 Å². The van der Waals surface area contributed by atoms with Gasteiger partial charge in [-0.3, -0.25) is 9.59 Å². The Kier molecular flexibility index (Phi) is 7.59. The van der Waals surface area contributed by atoms with E-state index in [-0.39, 0.29) is 33.7 Å². The number of ether oxygens (including phenoxy) is 2. The molecule has 10 nitrogen and oxygen atoms in total. The fourth-order valence-electron chi connectivity index (χ4n) is 5.65. The van der Waals surface area contributed by atoms with Crippen LogP contribution in [0.1, 0.15) is 47.9 Å². The summed E-state index contributed by atoms with van der Waals surface area (Å²) in [7, 11) is 1.27. The molecule has 0 radical (unpaired) electrons. The van der Waals surface area contributed by atoms with E-state index in [1.54, 1.807) is 0 Å². The Bertz CT molecular complexity index is 1940. The van der Waals surface area contributed by atoms with Gasteiger partial charge in [0.25, 0.3) is 5.91 Å². The van der Waals surface area contributed by atoms with E-state index in [0.717, 1.165) is 18.3 Å². The number of alkyl halides is 2. The lowest BCUT2D eigenvalue weighted by atomic mass is 9.80. The smallest absolute Gasteiger partial charge is 0.333 e. The molecule has 46 heavy (non-hydrogen) atoms. The van der Waals surface area contributed by atoms with E-state index in [0.29, 0.717) is 17.5 Å². The number of methoxy groups -OCH3 is 1. The van der Waals surface area contributed by atoms with Crippen LogP contribution in [0.2, 0.25) is 5.02 Å². The first-order valence-electron chi connectivity index (χ1n) is 13.9. The molecule has 242 valence electrons. The van der Waals surface area contributed by atoms with Crippen LogP contribution in [0.4, 0.5) is 22.0 Å². The number of aliphatic hydroxyl groups is 1. The molecule has 2 aromatic carbocycles. The third-order valence-corrected chi connectivity index (χ3v) is 8.79. The second kappa shape index (κ2) is 11.1. The predicted molar refractivity (Wildman–Crippen MR) is 153 cm³/mol. The summed E-state index contributed by atoms with van der Waals surface area (Å²) in [5.41, 5.74) is -0.105. The van der Waals surface area contributed by atoms with Gasteiger partial charge in [0.1, 0.15) is 51.1 Å². The van der Waals surface area contributed by atoms with Gasteiger partial charge in [-0.25, -0.2) is 22.8 Å². The highest BCUT2D eigenvalue weighted by Crippen LogP contribution is 2.52. The zero-order chi connectivity index (χ0) is 33.3. The molecule has 4 aromatic rings. The summed E-state index contributed by atoms with van der Waals surface area (Å²) in [5.74, 6) is -6.17. The van der Waals surface area contributed by atoms with Crippen molar-refractivity contribution in [3.63, 3.8) is 0 Å². The summed E-state index contributed by atoms with van der Waals surface area (Å²) in [5, 5.41) is 17.6. The SMILES string of the molecule is COc1cc(C(=O)NCC(O)(c2nc(-c3ccc(F)c(Cl)c3F)c3c(c2F)[C@@](C)(C(N)=O)CO3)C2CC2)cc2cn(C(F)F)nc12. The van der Waals surface area contributed by atoms with Gasteiger partial charge < -0.3 is 25.6 Å². The Hall–Kier alpha value is -4.50. The lowest BCUT2D eigenvalue weighted by molar-refractivity contribution is -0.123. The van der Waals surface area contributed by atoms with Crippen molar-refractivity contribution in [3.8, 4) is 22.8 Å². The molecule has 2 atom stereocenters. The molecule has 1 fully saturated rings. The van der Waals surface area contributed by atoms with Crippen molar-refractivity contribution < 1.29 is 46.1 Å². The van der Waals surface area contributed by atoms with Gasteiger partial charge in [-0.2, -0.15) is 13.9 Å². The molecular weight excluding hydrogens is 641 g/mol. The highest BCUT2D eigenvalue weighted by atomic mass is 35.5. The van der Waals surface area contributed by atoms with Gasteiger partial charge in [-0.1, -0.05) is 11.6 Å². The summed E-state index contributed by atoms with van der Waals surface area (Å²) in [6.07, 6.45) is 1.82. The summed E-state index contributed by atoms with van der Waals surface area (Å²) in [6.45, 7) is -2.68. The molecule has 1 saturated carbocycles. The number of nitrogens with zero attached hydrogens (tertiary/aromatic N) is 3. The van der Waals surface area contributed by atoms with E-state index in [2.05, 4.69) is 15.4 Å². The Labute approximate surface area is 262 Å². The van der Waals surface area contributed by atoms with Crippen LogP contribution >= 0.6 is 11.6 Å². The summed E-state index contributed by atoms with van der Waals surface area (Å²) < 4.78 is 83.6. The maximum Gasteiger partial charge on any atom is 0.333 e. The topological polar surface area (TPSA) is 142 Å². The van der Waals surface area contributed by atoms with Gasteiger partial charge in [0.2, 0.25) is 5.91 Å². The first-order chi connectivity index (χ1) is 21.7. The molecule has 4 N–H and O–H groups in total. The van der Waals surface area contributed by atoms with Crippen molar-refractivity contribution in [1.29, 1.82) is 0 Å². The van der Waals surface area contributed by atoms with E-state index < -0.39 is 87.7 Å². The number of nitrogens with one attached hydrogen (secondary N) is 1. The molecule has 0 spiro atoms. The number of benzene rings is 2. The van der Waals surface area contributed by atoms with E-state index in [4.69, 9.17) is 26.8 Å². The number of amides is 2. The number of pyridine rings is 1. The first kappa shape index (κ1) is 31.5. The number of carbonyl (C=O) groups is 2. The Morgan fingerprint density at radius 2 is 1.98 bits per heavy atom. The molecule has 2 aromatic heterocycles. The maximum atomic E-state index is 16.6. The van der Waals surface area contributed by atoms with E-state index in [1.807, 2.05) is 0 Å². The van der Waals surface area contributed by atoms with Crippen molar-refractivity contribution in [3.05, 3.63) is 69.8 Å². The molecule has 3 heterocycles. The van der Waals surface area contributed by atoms with Crippen molar-refractivity contribution in [2.45, 2.75) is 37.3 Å². The monoisotopic (exact) mass is 665 g/mol. The first-order valence-corrected chi connectivity index (χ1v) is 14.3. The highest BCUT2D eigenvalue weighted by Gasteiger charge is 2.53. The van der Waals surface area contributed by atoms with Crippen molar-refractivity contribution >= 4 is 34.3 Å². The minimum Gasteiger partial charge on any atom is -0.494 e. The Morgan fingerprint density at radius 1 is 1.26 bits per heavy atom. The van der Waals surface area contributed by atoms with Crippen LogP contribution in [0.5, 0.6) is 11.5 Å². The number of primary amides is 1. The fraction of sp³-hybridized carbons (Fsp3) is 0.333. The largest absolute Gasteiger partial charge is 0.494 e. The lowest BCUT2D eigenvalue weighted by Crippen LogP contribution is -2.45. The highest BCUT2D eigenvalue weighted by molar-refractivity contribution is 6.31. The second-order valence-electron chi connectivity index (χ2n) is 11.4. The van der Waals surface area contributed by atoms with Crippen molar-refractivity contribution in [1.82, 2.24) is 20.1 Å². The minimum absolute atomic E-state index is 0.0289. The number of rotatable bonds is 9. The second-order valence-corrected chi connectivity index (χ2v) is 11.8. The average molecular weight is 666 g/mol. The van der Waals surface area contributed by atoms with Crippen LogP contribution in [0.15, 0.2) is 30.5 Å². The molecule has 0 bridgehead atoms. The number of nitrogens with two attached hydrogens (primary N) is 1. The predicted octanol–water partition coefficient (Wildman–Crippen LogP) is 4.74. The van der Waals surface area contributed by atoms with Crippen molar-refractivity contribution in [2.75, 3.05) is 20.3 Å². The van der Waals surface area contributed by atoms with E-state index in [1.165, 1.54) is 26.2 Å². The van der Waals surface area contributed by atoms with Crippen LogP contribution in [-0.2, 0) is 15.8 Å². The normalized spacial score (nSPS) is 18.7. The summed E-state index contributed by atoms with van der Waals surface area (Å²) in [6, 6.07) is 4.42. The van der Waals surface area contributed by atoms with E-state index >= 15 is 8.78 Å². The summed E-state index contributed by atoms with van der Waals surface area (Å²) in [4.78, 5) is 30.2. The number of carbonyl (C=O) groups excluding carboxylic acids is 2. The minimum atomic E-state index is -2.94. The van der Waals surface area contributed by atoms with Crippen molar-refractivity contribution in [2.24, 2.45) is 11.7 Å². The average Bonchev–Trinajstić information content (AvgIpc) is 3.69. The summed E-state index contributed by atoms with van der Waals surface area (Å²) >= 11 is 5.81. The lowest BCUT2D eigenvalue weighted by Gasteiger charge is -2.30. The van der Waals surface area contributed by atoms with Crippen LogP contribution in [0, 0.1) is 23.4 Å². The standard InChI is InChI=1S/C30H25ClF5N5O5/c1-29(27(37)43)11-46-24-18(29)21(34)25(39-23(24)15-5-6-16(32)19(31)20(15)33)30(44,14-3-4-14)10-38-26(42)12-7-13-9-41(28(35)36)40-22(13)17(8-12)45-2/h5-9,14,28,44H,3-4,10-11H2,1-2H3,(H2,37,43)(H,38,42)/t29-,30?/m0/s1. The number of hydrogen-bond acceptors (Lipinski definition) is 7. The molecule has 0 saturated heterocycles. The van der Waals surface area contributed by atoms with Gasteiger partial charge in [0, 0.05) is 22.7 Å². The molecule has 6 rings (SSSR count). The van der Waals surface area contributed by atoms with Crippen LogP contribution < -0.4 is 20.5 Å². The number of halogens is 6. The molecule has 2 amide bonds. The zero-order valence-corrected chi connectivity index (χ0v) is 24.9. The van der Waals surface area contributed by atoms with Crippen LogP contribution in [0.3, 0.4) is 0 Å². The number of hydrogen-bond donors (Lipinski definition) is 3. The quantitative estimate of drug-likeness (QED) is 0.173. The van der Waals surface area contributed by atoms with Gasteiger partial charge in [0.05, 0.1) is 19.2 Å². The Balaban J connectivity index is 1.44. The van der Waals surface area contributed by atoms with Gasteiger partial charge in [-0.05, 0) is 49.9 Å². The van der Waals surface area contributed by atoms with Gasteiger partial charge >= 0.3 is 6.55 Å². The van der Waals surface area contributed by atoms with E-state index in [9.17, 15) is 27.9 Å². The van der Waals surface area contributed by atoms with Gasteiger partial charge in [0.15, 0.2) is 17.4 Å².